The molecule has 0 saturated carbocycles. The molecule has 0 bridgehead atoms. The molecule has 6 heterocycles. The Bertz CT molecular complexity index is 2460. The average Bonchev–Trinajstić information content (AvgIpc) is 3.86. The Morgan fingerprint density at radius 2 is 0.667 bits per heavy atom. The standard InChI is InChI=1S/C36H18S6/c1-3-7-27-21(5-1)33-35(39-27)23-11-9-19(17-31(23)41-33)25-13-15-29(37-25)30-16-14-26(38-30)20-10-12-24-32(18-20)42-34-22-6-2-4-8-28(22)40-36(24)34/h1-18H. The van der Waals surface area contributed by atoms with Crippen LogP contribution < -0.4 is 0 Å². The lowest BCUT2D eigenvalue weighted by Crippen LogP contribution is -1.70. The minimum atomic E-state index is 1.31. The highest BCUT2D eigenvalue weighted by Crippen LogP contribution is 2.48. The first-order valence-electron chi connectivity index (χ1n) is 13.7. The highest BCUT2D eigenvalue weighted by atomic mass is 32.1. The number of fused-ring (bicyclic) bond motifs is 10. The van der Waals surface area contributed by atoms with E-state index in [-0.39, 0.29) is 0 Å². The summed E-state index contributed by atoms with van der Waals surface area (Å²) in [4.78, 5) is 5.33. The van der Waals surface area contributed by atoms with Gasteiger partial charge in [0.1, 0.15) is 0 Å². The maximum atomic E-state index is 2.39. The summed E-state index contributed by atoms with van der Waals surface area (Å²) in [6.07, 6.45) is 0. The molecular formula is C36H18S6. The SMILES string of the molecule is c1ccc2c(c1)sc1c3ccc(-c4ccc(-c5ccc(-c6ccc7c(c6)sc6c8ccccc8sc76)s5)s4)cc3sc21. The molecule has 0 aliphatic heterocycles. The molecule has 0 radical (unpaired) electrons. The van der Waals surface area contributed by atoms with Crippen molar-refractivity contribution in [2.24, 2.45) is 0 Å². The van der Waals surface area contributed by atoms with E-state index < -0.39 is 0 Å². The number of hydrogen-bond donors (Lipinski definition) is 0. The molecule has 6 heteroatoms. The number of thiophene rings is 6. The second-order valence-electron chi connectivity index (χ2n) is 10.5. The molecule has 6 aromatic heterocycles. The van der Waals surface area contributed by atoms with E-state index in [2.05, 4.69) is 109 Å². The molecule has 0 fully saturated rings. The molecular weight excluding hydrogens is 625 g/mol. The Morgan fingerprint density at radius 1 is 0.286 bits per heavy atom. The Kier molecular flexibility index (Phi) is 5.21. The molecule has 10 aromatic rings. The fourth-order valence-corrected chi connectivity index (χ4v) is 13.4. The van der Waals surface area contributed by atoms with Crippen molar-refractivity contribution in [1.82, 2.24) is 0 Å². The molecule has 0 spiro atoms. The van der Waals surface area contributed by atoms with Crippen molar-refractivity contribution in [3.05, 3.63) is 109 Å². The largest absolute Gasteiger partial charge is 0.134 e. The highest BCUT2D eigenvalue weighted by molar-refractivity contribution is 7.37. The van der Waals surface area contributed by atoms with Crippen LogP contribution in [0, 0.1) is 0 Å². The highest BCUT2D eigenvalue weighted by Gasteiger charge is 2.16. The lowest BCUT2D eigenvalue weighted by Gasteiger charge is -1.99. The van der Waals surface area contributed by atoms with Crippen molar-refractivity contribution in [2.75, 3.05) is 0 Å². The topological polar surface area (TPSA) is 0 Å². The fraction of sp³-hybridized carbons (Fsp3) is 0. The number of benzene rings is 4. The van der Waals surface area contributed by atoms with Gasteiger partial charge >= 0.3 is 0 Å². The van der Waals surface area contributed by atoms with Crippen molar-refractivity contribution in [2.45, 2.75) is 0 Å². The minimum absolute atomic E-state index is 1.31. The van der Waals surface area contributed by atoms with Crippen LogP contribution in [0.4, 0.5) is 0 Å². The van der Waals surface area contributed by atoms with Crippen molar-refractivity contribution >= 4 is 127 Å². The second-order valence-corrected chi connectivity index (χ2v) is 16.8. The van der Waals surface area contributed by atoms with E-state index in [1.807, 2.05) is 68.0 Å². The van der Waals surface area contributed by atoms with Crippen molar-refractivity contribution < 1.29 is 0 Å². The summed E-state index contributed by atoms with van der Waals surface area (Å²) in [5.41, 5.74) is 2.62. The zero-order valence-corrected chi connectivity index (χ0v) is 26.7. The Morgan fingerprint density at radius 3 is 1.14 bits per heavy atom. The van der Waals surface area contributed by atoms with Crippen LogP contribution in [0.1, 0.15) is 0 Å². The van der Waals surface area contributed by atoms with Crippen LogP contribution >= 0.6 is 68.0 Å². The quantitative estimate of drug-likeness (QED) is 0.180. The van der Waals surface area contributed by atoms with Gasteiger partial charge in [-0.05, 0) is 59.7 Å². The lowest BCUT2D eigenvalue weighted by atomic mass is 10.1. The Hall–Kier alpha value is -3.36. The third-order valence-electron chi connectivity index (χ3n) is 8.00. The van der Waals surface area contributed by atoms with Crippen LogP contribution in [0.25, 0.3) is 89.8 Å². The van der Waals surface area contributed by atoms with E-state index in [4.69, 9.17) is 0 Å². The molecule has 42 heavy (non-hydrogen) atoms. The summed E-state index contributed by atoms with van der Waals surface area (Å²) in [6.45, 7) is 0. The molecule has 0 nitrogen and oxygen atoms in total. The molecule has 0 amide bonds. The smallest absolute Gasteiger partial charge is 0.0542 e. The van der Waals surface area contributed by atoms with Crippen LogP contribution in [0.2, 0.25) is 0 Å². The van der Waals surface area contributed by atoms with Gasteiger partial charge in [-0.1, -0.05) is 60.7 Å². The van der Waals surface area contributed by atoms with Gasteiger partial charge in [0, 0.05) is 59.9 Å². The van der Waals surface area contributed by atoms with Gasteiger partial charge < -0.3 is 0 Å². The lowest BCUT2D eigenvalue weighted by molar-refractivity contribution is 1.81. The van der Waals surface area contributed by atoms with Crippen LogP contribution in [-0.2, 0) is 0 Å². The van der Waals surface area contributed by atoms with Gasteiger partial charge in [0.2, 0.25) is 0 Å². The first-order valence-corrected chi connectivity index (χ1v) is 18.6. The first kappa shape index (κ1) is 24.1. The van der Waals surface area contributed by atoms with E-state index in [0.29, 0.717) is 0 Å². The summed E-state index contributed by atoms with van der Waals surface area (Å²) in [5.74, 6) is 0. The zero-order valence-electron chi connectivity index (χ0n) is 21.8. The predicted molar refractivity (Wildman–Crippen MR) is 195 cm³/mol. The number of hydrogen-bond acceptors (Lipinski definition) is 6. The van der Waals surface area contributed by atoms with Gasteiger partial charge in [0.25, 0.3) is 0 Å². The molecule has 0 aliphatic carbocycles. The van der Waals surface area contributed by atoms with Gasteiger partial charge in [-0.25, -0.2) is 0 Å². The maximum Gasteiger partial charge on any atom is 0.0542 e. The summed E-state index contributed by atoms with van der Waals surface area (Å²) in [6, 6.07) is 40.8. The summed E-state index contributed by atoms with van der Waals surface area (Å²) >= 11 is 11.5. The zero-order chi connectivity index (χ0) is 27.4. The van der Waals surface area contributed by atoms with Gasteiger partial charge in [-0.3, -0.25) is 0 Å². The van der Waals surface area contributed by atoms with E-state index in [1.165, 1.54) is 89.8 Å². The summed E-state index contributed by atoms with van der Waals surface area (Å²) in [5, 5.41) is 5.54. The minimum Gasteiger partial charge on any atom is -0.134 e. The summed E-state index contributed by atoms with van der Waals surface area (Å²) in [7, 11) is 0. The molecule has 0 atom stereocenters. The Labute approximate surface area is 265 Å². The van der Waals surface area contributed by atoms with Crippen molar-refractivity contribution in [3.63, 3.8) is 0 Å². The average molecular weight is 643 g/mol. The molecule has 0 unspecified atom stereocenters. The van der Waals surface area contributed by atoms with Crippen molar-refractivity contribution in [3.8, 4) is 30.6 Å². The molecule has 10 rings (SSSR count). The third kappa shape index (κ3) is 3.54. The normalized spacial score (nSPS) is 12.3. The van der Waals surface area contributed by atoms with Gasteiger partial charge in [-0.2, -0.15) is 0 Å². The maximum absolute atomic E-state index is 2.39. The first-order chi connectivity index (χ1) is 20.8. The monoisotopic (exact) mass is 642 g/mol. The van der Waals surface area contributed by atoms with E-state index in [0.717, 1.165) is 0 Å². The van der Waals surface area contributed by atoms with E-state index in [9.17, 15) is 0 Å². The van der Waals surface area contributed by atoms with Gasteiger partial charge in [0.05, 0.1) is 18.8 Å². The van der Waals surface area contributed by atoms with Gasteiger partial charge in [0.15, 0.2) is 0 Å². The molecule has 198 valence electrons. The molecule has 0 saturated heterocycles. The Balaban J connectivity index is 0.987. The van der Waals surface area contributed by atoms with Gasteiger partial charge in [-0.15, -0.1) is 68.0 Å². The predicted octanol–water partition coefficient (Wildman–Crippen LogP) is 14.0. The second kappa shape index (κ2) is 9.07. The van der Waals surface area contributed by atoms with Crippen molar-refractivity contribution in [1.29, 1.82) is 0 Å². The number of rotatable bonds is 3. The molecule has 0 N–H and O–H groups in total. The molecule has 0 aliphatic rings. The van der Waals surface area contributed by atoms with Crippen LogP contribution in [0.15, 0.2) is 109 Å². The van der Waals surface area contributed by atoms with Crippen LogP contribution in [0.5, 0.6) is 0 Å². The summed E-state index contributed by atoms with van der Waals surface area (Å²) < 4.78 is 11.2. The third-order valence-corrected chi connectivity index (χ3v) is 15.5. The van der Waals surface area contributed by atoms with Crippen LogP contribution in [-0.4, -0.2) is 0 Å². The van der Waals surface area contributed by atoms with E-state index >= 15 is 0 Å². The van der Waals surface area contributed by atoms with E-state index in [1.54, 1.807) is 0 Å². The van der Waals surface area contributed by atoms with Crippen LogP contribution in [0.3, 0.4) is 0 Å². The molecule has 4 aromatic carbocycles. The fourth-order valence-electron chi connectivity index (χ4n) is 5.97.